The fourth-order valence-corrected chi connectivity index (χ4v) is 4.81. The van der Waals surface area contributed by atoms with Crippen LogP contribution >= 0.6 is 0 Å². The van der Waals surface area contributed by atoms with Crippen LogP contribution in [0.15, 0.2) is 91.0 Å². The van der Waals surface area contributed by atoms with Crippen LogP contribution in [0.4, 0.5) is 17.1 Å². The Morgan fingerprint density at radius 2 is 1.05 bits per heavy atom. The van der Waals surface area contributed by atoms with Crippen molar-refractivity contribution in [2.45, 2.75) is 92.3 Å². The van der Waals surface area contributed by atoms with Crippen LogP contribution in [0.5, 0.6) is 0 Å². The molecule has 0 aliphatic heterocycles. The zero-order chi connectivity index (χ0) is 31.5. The Labute approximate surface area is 258 Å². The predicted octanol–water partition coefficient (Wildman–Crippen LogP) is 10.5. The van der Waals surface area contributed by atoms with E-state index in [0.29, 0.717) is 11.1 Å². The topological polar surface area (TPSA) is 55.8 Å². The molecule has 3 aromatic rings. The molecule has 0 saturated heterocycles. The monoisotopic (exact) mass is 581 g/mol. The first-order valence-electron chi connectivity index (χ1n) is 15.4. The Morgan fingerprint density at radius 3 is 1.40 bits per heavy atom. The van der Waals surface area contributed by atoms with Gasteiger partial charge in [-0.05, 0) is 112 Å². The van der Waals surface area contributed by atoms with Gasteiger partial charge in [-0.25, -0.2) is 9.59 Å². The molecule has 0 aliphatic rings. The molecule has 0 amide bonds. The highest BCUT2D eigenvalue weighted by Crippen LogP contribution is 2.38. The van der Waals surface area contributed by atoms with E-state index < -0.39 is 0 Å². The SMILES string of the molecule is C=C(C)C(=O)OC(CCCC)c1ccc(N(c2ccc(C(CCCC)OC(=O)C(=C)C)cc2)c2ccc(C)c(C)c2)cc1. The van der Waals surface area contributed by atoms with Crippen molar-refractivity contribution in [1.29, 1.82) is 0 Å². The van der Waals surface area contributed by atoms with Crippen molar-refractivity contribution < 1.29 is 19.1 Å². The van der Waals surface area contributed by atoms with Crippen molar-refractivity contribution in [2.75, 3.05) is 4.90 Å². The van der Waals surface area contributed by atoms with Gasteiger partial charge in [0.25, 0.3) is 0 Å². The van der Waals surface area contributed by atoms with Crippen molar-refractivity contribution in [3.8, 4) is 0 Å². The highest BCUT2D eigenvalue weighted by Gasteiger charge is 2.21. The minimum atomic E-state index is -0.367. The van der Waals surface area contributed by atoms with Crippen molar-refractivity contribution in [3.05, 3.63) is 113 Å². The Hall–Kier alpha value is -4.12. The van der Waals surface area contributed by atoms with E-state index in [-0.39, 0.29) is 24.1 Å². The Morgan fingerprint density at radius 1 is 0.651 bits per heavy atom. The van der Waals surface area contributed by atoms with E-state index in [2.05, 4.69) is 88.2 Å². The molecule has 0 aliphatic carbocycles. The highest BCUT2D eigenvalue weighted by molar-refractivity contribution is 5.87. The Balaban J connectivity index is 2.00. The number of hydrogen-bond donors (Lipinski definition) is 0. The molecule has 0 N–H and O–H groups in total. The lowest BCUT2D eigenvalue weighted by Crippen LogP contribution is -2.14. The van der Waals surface area contributed by atoms with E-state index in [1.54, 1.807) is 13.8 Å². The maximum Gasteiger partial charge on any atom is 0.333 e. The summed E-state index contributed by atoms with van der Waals surface area (Å²) in [4.78, 5) is 26.9. The molecule has 5 nitrogen and oxygen atoms in total. The standard InChI is InChI=1S/C38H47NO4/c1-9-11-13-35(42-37(40)26(3)4)30-16-21-32(22-17-30)39(34-20-15-28(7)29(8)25-34)33-23-18-31(19-24-33)36(14-12-10-2)43-38(41)27(5)6/h15-25,35-36H,3,5,9-14H2,1-2,4,6-8H3. The van der Waals surface area contributed by atoms with Crippen LogP contribution in [0.1, 0.15) is 101 Å². The number of carbonyl (C=O) groups excluding carboxylic acids is 2. The van der Waals surface area contributed by atoms with Gasteiger partial charge in [0.15, 0.2) is 0 Å². The number of anilines is 3. The van der Waals surface area contributed by atoms with Crippen molar-refractivity contribution in [1.82, 2.24) is 0 Å². The summed E-state index contributed by atoms with van der Waals surface area (Å²) in [6.07, 6.45) is 4.81. The number of unbranched alkanes of at least 4 members (excludes halogenated alkanes) is 2. The molecule has 0 aromatic heterocycles. The molecule has 0 saturated carbocycles. The van der Waals surface area contributed by atoms with Crippen LogP contribution in [0.25, 0.3) is 0 Å². The van der Waals surface area contributed by atoms with E-state index in [0.717, 1.165) is 66.7 Å². The van der Waals surface area contributed by atoms with Crippen LogP contribution < -0.4 is 4.90 Å². The number of nitrogens with zero attached hydrogens (tertiary/aromatic N) is 1. The third-order valence-electron chi connectivity index (χ3n) is 7.63. The van der Waals surface area contributed by atoms with Gasteiger partial charge < -0.3 is 14.4 Å². The third-order valence-corrected chi connectivity index (χ3v) is 7.63. The van der Waals surface area contributed by atoms with Crippen LogP contribution in [0, 0.1) is 13.8 Å². The molecule has 0 heterocycles. The molecule has 3 rings (SSSR count). The van der Waals surface area contributed by atoms with Gasteiger partial charge >= 0.3 is 11.9 Å². The lowest BCUT2D eigenvalue weighted by molar-refractivity contribution is -0.145. The quantitative estimate of drug-likeness (QED) is 0.132. The molecule has 0 radical (unpaired) electrons. The average molecular weight is 582 g/mol. The number of benzene rings is 3. The van der Waals surface area contributed by atoms with Gasteiger partial charge in [0.2, 0.25) is 0 Å². The van der Waals surface area contributed by atoms with E-state index >= 15 is 0 Å². The van der Waals surface area contributed by atoms with E-state index in [1.807, 2.05) is 24.3 Å². The zero-order valence-corrected chi connectivity index (χ0v) is 26.7. The van der Waals surface area contributed by atoms with Gasteiger partial charge in [0.1, 0.15) is 12.2 Å². The first-order chi connectivity index (χ1) is 20.5. The molecule has 2 atom stereocenters. The molecule has 43 heavy (non-hydrogen) atoms. The summed E-state index contributed by atoms with van der Waals surface area (Å²) < 4.78 is 11.6. The summed E-state index contributed by atoms with van der Waals surface area (Å²) in [6, 6.07) is 22.9. The number of carbonyl (C=O) groups is 2. The molecule has 228 valence electrons. The number of ether oxygens (including phenoxy) is 2. The van der Waals surface area contributed by atoms with Crippen LogP contribution in [0.3, 0.4) is 0 Å². The average Bonchev–Trinajstić information content (AvgIpc) is 2.99. The highest BCUT2D eigenvalue weighted by atomic mass is 16.5. The van der Waals surface area contributed by atoms with Crippen molar-refractivity contribution >= 4 is 29.0 Å². The van der Waals surface area contributed by atoms with Crippen molar-refractivity contribution in [3.63, 3.8) is 0 Å². The van der Waals surface area contributed by atoms with Gasteiger partial charge in [0, 0.05) is 28.2 Å². The Kier molecular flexibility index (Phi) is 12.4. The molecule has 3 aromatic carbocycles. The number of hydrogen-bond acceptors (Lipinski definition) is 5. The second-order valence-electron chi connectivity index (χ2n) is 11.4. The molecular weight excluding hydrogens is 534 g/mol. The fourth-order valence-electron chi connectivity index (χ4n) is 4.81. The molecule has 2 unspecified atom stereocenters. The largest absolute Gasteiger partial charge is 0.454 e. The molecular formula is C38H47NO4. The van der Waals surface area contributed by atoms with E-state index in [9.17, 15) is 9.59 Å². The third kappa shape index (κ3) is 9.18. The van der Waals surface area contributed by atoms with Gasteiger partial charge in [0.05, 0.1) is 0 Å². The maximum absolute atomic E-state index is 12.4. The molecule has 0 bridgehead atoms. The van der Waals surface area contributed by atoms with Crippen LogP contribution in [0.2, 0.25) is 0 Å². The predicted molar refractivity (Wildman–Crippen MR) is 177 cm³/mol. The Bertz CT molecular complexity index is 1320. The van der Waals surface area contributed by atoms with Gasteiger partial charge in [-0.3, -0.25) is 0 Å². The zero-order valence-electron chi connectivity index (χ0n) is 26.7. The lowest BCUT2D eigenvalue weighted by Gasteiger charge is -2.27. The van der Waals surface area contributed by atoms with Gasteiger partial charge in [-0.1, -0.05) is 70.2 Å². The number of rotatable bonds is 15. The minimum absolute atomic E-state index is 0.325. The van der Waals surface area contributed by atoms with Gasteiger partial charge in [-0.15, -0.1) is 0 Å². The summed E-state index contributed by atoms with van der Waals surface area (Å²) in [5.74, 6) is -0.735. The summed E-state index contributed by atoms with van der Waals surface area (Å²) in [5.41, 5.74) is 8.14. The second-order valence-corrected chi connectivity index (χ2v) is 11.4. The lowest BCUT2D eigenvalue weighted by atomic mass is 10.0. The molecule has 5 heteroatoms. The van der Waals surface area contributed by atoms with Crippen molar-refractivity contribution in [2.24, 2.45) is 0 Å². The normalized spacial score (nSPS) is 12.2. The summed E-state index contributed by atoms with van der Waals surface area (Å²) in [5, 5.41) is 0. The van der Waals surface area contributed by atoms with Crippen LogP contribution in [-0.2, 0) is 19.1 Å². The first-order valence-corrected chi connectivity index (χ1v) is 15.4. The minimum Gasteiger partial charge on any atom is -0.454 e. The second kappa shape index (κ2) is 15.9. The van der Waals surface area contributed by atoms with E-state index in [4.69, 9.17) is 9.47 Å². The fraction of sp³-hybridized carbons (Fsp3) is 0.368. The maximum atomic E-state index is 12.4. The summed E-state index contributed by atoms with van der Waals surface area (Å²) in [7, 11) is 0. The smallest absolute Gasteiger partial charge is 0.333 e. The molecule has 0 fully saturated rings. The summed E-state index contributed by atoms with van der Waals surface area (Å²) in [6.45, 7) is 19.3. The number of aryl methyl sites for hydroxylation is 2. The first kappa shape index (κ1) is 33.4. The number of esters is 2. The van der Waals surface area contributed by atoms with Crippen LogP contribution in [-0.4, -0.2) is 11.9 Å². The van der Waals surface area contributed by atoms with E-state index in [1.165, 1.54) is 11.1 Å². The van der Waals surface area contributed by atoms with Gasteiger partial charge in [-0.2, -0.15) is 0 Å². The summed E-state index contributed by atoms with van der Waals surface area (Å²) >= 11 is 0. The molecule has 0 spiro atoms.